The normalized spacial score (nSPS) is 13.7. The SMILES string of the molecule is CCCCC(=O)NC(CCC)c1c2c(nc3cc(F)c(C)cc13)-c1cc(C(C=O)CC)c(COC)c(=O)n1C2. The van der Waals surface area contributed by atoms with Gasteiger partial charge in [-0.25, -0.2) is 9.37 Å². The number of hydrogen-bond donors (Lipinski definition) is 1. The molecule has 0 bridgehead atoms. The van der Waals surface area contributed by atoms with E-state index in [0.29, 0.717) is 52.9 Å². The van der Waals surface area contributed by atoms with E-state index in [1.54, 1.807) is 17.6 Å². The summed E-state index contributed by atoms with van der Waals surface area (Å²) in [6.45, 7) is 8.10. The minimum Gasteiger partial charge on any atom is -0.380 e. The molecule has 7 nitrogen and oxygen atoms in total. The van der Waals surface area contributed by atoms with Gasteiger partial charge in [-0.05, 0) is 55.0 Å². The van der Waals surface area contributed by atoms with E-state index in [-0.39, 0.29) is 36.5 Å². The van der Waals surface area contributed by atoms with E-state index >= 15 is 0 Å². The summed E-state index contributed by atoms with van der Waals surface area (Å²) in [5.74, 6) is -0.844. The number of halogens is 1. The van der Waals surface area contributed by atoms with Crippen LogP contribution in [-0.4, -0.2) is 28.9 Å². The summed E-state index contributed by atoms with van der Waals surface area (Å²) in [5.41, 5.74) is 4.75. The van der Waals surface area contributed by atoms with Gasteiger partial charge in [-0.3, -0.25) is 9.59 Å². The maximum atomic E-state index is 14.8. The summed E-state index contributed by atoms with van der Waals surface area (Å²) in [6, 6.07) is 4.77. The first kappa shape index (κ1) is 28.6. The molecule has 0 aliphatic carbocycles. The van der Waals surface area contributed by atoms with Crippen LogP contribution in [0, 0.1) is 12.7 Å². The molecule has 0 saturated carbocycles. The zero-order valence-corrected chi connectivity index (χ0v) is 23.5. The Bertz CT molecular complexity index is 1460. The third kappa shape index (κ3) is 5.39. The van der Waals surface area contributed by atoms with Gasteiger partial charge in [0.25, 0.3) is 5.56 Å². The maximum absolute atomic E-state index is 14.8. The Hall–Kier alpha value is -3.39. The van der Waals surface area contributed by atoms with E-state index in [4.69, 9.17) is 9.72 Å². The molecule has 1 N–H and O–H groups in total. The fraction of sp³-hybridized carbons (Fsp3) is 0.484. The van der Waals surface area contributed by atoms with Crippen LogP contribution in [-0.2, 0) is 27.5 Å². The molecule has 2 aromatic heterocycles. The van der Waals surface area contributed by atoms with Gasteiger partial charge in [0.05, 0.1) is 36.1 Å². The number of carbonyl (C=O) groups excluding carboxylic acids is 2. The van der Waals surface area contributed by atoms with Crippen LogP contribution >= 0.6 is 0 Å². The van der Waals surface area contributed by atoms with Gasteiger partial charge in [-0.2, -0.15) is 0 Å². The van der Waals surface area contributed by atoms with E-state index in [2.05, 4.69) is 12.2 Å². The summed E-state index contributed by atoms with van der Waals surface area (Å²) in [7, 11) is 1.53. The number of nitrogens with one attached hydrogen (secondary N) is 1. The highest BCUT2D eigenvalue weighted by Gasteiger charge is 2.32. The fourth-order valence-electron chi connectivity index (χ4n) is 5.64. The molecule has 2 unspecified atom stereocenters. The summed E-state index contributed by atoms with van der Waals surface area (Å²) in [6.07, 6.45) is 5.06. The molecule has 1 aromatic carbocycles. The van der Waals surface area contributed by atoms with Crippen molar-refractivity contribution < 1.29 is 18.7 Å². The Balaban J connectivity index is 2.01. The number of benzene rings is 1. The topological polar surface area (TPSA) is 90.3 Å². The summed E-state index contributed by atoms with van der Waals surface area (Å²) in [5, 5.41) is 4.01. The standard InChI is InChI=1S/C31H38FN3O4/c1-6-9-11-28(37)33-25(10-7-2)29-21-12-18(4)24(32)14-26(21)34-30-22(29)15-35-27(30)13-20(19(8-3)16-36)23(17-39-5)31(35)38/h12-14,16,19,25H,6-11,15,17H2,1-5H3,(H,33,37). The predicted octanol–water partition coefficient (Wildman–Crippen LogP) is 5.86. The second-order valence-corrected chi connectivity index (χ2v) is 10.4. The van der Waals surface area contributed by atoms with Crippen LogP contribution in [0.15, 0.2) is 23.0 Å². The number of aldehydes is 1. The molecular formula is C31H38FN3O4. The van der Waals surface area contributed by atoms with Gasteiger partial charge in [-0.1, -0.05) is 33.6 Å². The molecule has 0 fully saturated rings. The number of amides is 1. The van der Waals surface area contributed by atoms with Crippen molar-refractivity contribution in [3.05, 3.63) is 62.2 Å². The smallest absolute Gasteiger partial charge is 0.257 e. The lowest BCUT2D eigenvalue weighted by Crippen LogP contribution is -2.29. The average molecular weight is 536 g/mol. The van der Waals surface area contributed by atoms with Crippen molar-refractivity contribution in [2.75, 3.05) is 7.11 Å². The van der Waals surface area contributed by atoms with Crippen molar-refractivity contribution in [2.45, 2.75) is 91.3 Å². The van der Waals surface area contributed by atoms with Crippen LogP contribution in [0.3, 0.4) is 0 Å². The molecule has 4 rings (SSSR count). The molecule has 0 spiro atoms. The predicted molar refractivity (Wildman–Crippen MR) is 150 cm³/mol. The Kier molecular flexibility index (Phi) is 8.95. The number of carbonyl (C=O) groups is 2. The molecule has 1 aliphatic heterocycles. The number of hydrogen-bond acceptors (Lipinski definition) is 5. The number of aromatic nitrogens is 2. The van der Waals surface area contributed by atoms with Crippen LogP contribution in [0.25, 0.3) is 22.3 Å². The lowest BCUT2D eigenvalue weighted by Gasteiger charge is -2.23. The first-order chi connectivity index (χ1) is 18.8. The number of ether oxygens (including phenoxy) is 1. The van der Waals surface area contributed by atoms with Gasteiger partial charge in [0.15, 0.2) is 0 Å². The molecule has 1 aliphatic rings. The zero-order valence-electron chi connectivity index (χ0n) is 23.5. The number of fused-ring (bicyclic) bond motifs is 4. The number of pyridine rings is 2. The molecular weight excluding hydrogens is 497 g/mol. The second kappa shape index (κ2) is 12.2. The Labute approximate surface area is 228 Å². The number of rotatable bonds is 12. The fourth-order valence-corrected chi connectivity index (χ4v) is 5.64. The van der Waals surface area contributed by atoms with Crippen LogP contribution < -0.4 is 10.9 Å². The molecule has 0 radical (unpaired) electrons. The third-order valence-electron chi connectivity index (χ3n) is 7.71. The Morgan fingerprint density at radius 2 is 2.00 bits per heavy atom. The van der Waals surface area contributed by atoms with Gasteiger partial charge in [0.1, 0.15) is 12.1 Å². The van der Waals surface area contributed by atoms with Crippen molar-refractivity contribution in [1.29, 1.82) is 0 Å². The number of methoxy groups -OCH3 is 1. The number of nitrogens with zero attached hydrogens (tertiary/aromatic N) is 2. The average Bonchev–Trinajstić information content (AvgIpc) is 3.27. The van der Waals surface area contributed by atoms with Gasteiger partial charge in [-0.15, -0.1) is 0 Å². The van der Waals surface area contributed by atoms with Gasteiger partial charge < -0.3 is 19.4 Å². The van der Waals surface area contributed by atoms with Crippen molar-refractivity contribution in [3.8, 4) is 11.4 Å². The van der Waals surface area contributed by atoms with Crippen LogP contribution in [0.1, 0.15) is 99.1 Å². The molecule has 0 saturated heterocycles. The van der Waals surface area contributed by atoms with Gasteiger partial charge in [0, 0.05) is 42.0 Å². The summed E-state index contributed by atoms with van der Waals surface area (Å²) < 4.78 is 21.8. The lowest BCUT2D eigenvalue weighted by molar-refractivity contribution is -0.122. The third-order valence-corrected chi connectivity index (χ3v) is 7.71. The van der Waals surface area contributed by atoms with Crippen molar-refractivity contribution in [1.82, 2.24) is 14.9 Å². The molecule has 3 heterocycles. The molecule has 8 heteroatoms. The van der Waals surface area contributed by atoms with Crippen LogP contribution in [0.2, 0.25) is 0 Å². The van der Waals surface area contributed by atoms with Gasteiger partial charge >= 0.3 is 0 Å². The quantitative estimate of drug-likeness (QED) is 0.230. The molecule has 3 aromatic rings. The molecule has 208 valence electrons. The monoisotopic (exact) mass is 535 g/mol. The van der Waals surface area contributed by atoms with E-state index in [1.165, 1.54) is 13.2 Å². The van der Waals surface area contributed by atoms with E-state index in [9.17, 15) is 18.8 Å². The van der Waals surface area contributed by atoms with Crippen LogP contribution in [0.5, 0.6) is 0 Å². The van der Waals surface area contributed by atoms with Crippen molar-refractivity contribution >= 4 is 23.1 Å². The zero-order chi connectivity index (χ0) is 28.3. The highest BCUT2D eigenvalue weighted by molar-refractivity contribution is 5.90. The largest absolute Gasteiger partial charge is 0.380 e. The first-order valence-electron chi connectivity index (χ1n) is 13.9. The second-order valence-electron chi connectivity index (χ2n) is 10.4. The van der Waals surface area contributed by atoms with E-state index in [0.717, 1.165) is 42.1 Å². The lowest BCUT2D eigenvalue weighted by atomic mass is 9.90. The molecule has 39 heavy (non-hydrogen) atoms. The van der Waals surface area contributed by atoms with Gasteiger partial charge in [0.2, 0.25) is 5.91 Å². The van der Waals surface area contributed by atoms with Crippen LogP contribution in [0.4, 0.5) is 4.39 Å². The van der Waals surface area contributed by atoms with Crippen molar-refractivity contribution in [2.24, 2.45) is 0 Å². The van der Waals surface area contributed by atoms with E-state index < -0.39 is 5.92 Å². The molecule has 1 amide bonds. The number of unbranched alkanes of at least 4 members (excludes halogenated alkanes) is 1. The van der Waals surface area contributed by atoms with Crippen molar-refractivity contribution in [3.63, 3.8) is 0 Å². The highest BCUT2D eigenvalue weighted by atomic mass is 19.1. The highest BCUT2D eigenvalue weighted by Crippen LogP contribution is 2.41. The maximum Gasteiger partial charge on any atom is 0.257 e. The minimum absolute atomic E-state index is 0.0260. The minimum atomic E-state index is -0.455. The summed E-state index contributed by atoms with van der Waals surface area (Å²) in [4.78, 5) is 43.5. The molecule has 2 atom stereocenters. The summed E-state index contributed by atoms with van der Waals surface area (Å²) >= 11 is 0. The first-order valence-corrected chi connectivity index (χ1v) is 13.9. The van der Waals surface area contributed by atoms with E-state index in [1.807, 2.05) is 19.9 Å². The number of aryl methyl sites for hydroxylation is 1. The Morgan fingerprint density at radius 3 is 2.64 bits per heavy atom. The Morgan fingerprint density at radius 1 is 1.23 bits per heavy atom.